The fourth-order valence-corrected chi connectivity index (χ4v) is 1.61. The van der Waals surface area contributed by atoms with Crippen molar-refractivity contribution in [2.45, 2.75) is 20.3 Å². The number of pyridine rings is 1. The van der Waals surface area contributed by atoms with E-state index in [0.29, 0.717) is 18.3 Å². The van der Waals surface area contributed by atoms with Crippen LogP contribution in [-0.2, 0) is 4.74 Å². The summed E-state index contributed by atoms with van der Waals surface area (Å²) >= 11 is 0. The summed E-state index contributed by atoms with van der Waals surface area (Å²) in [5.41, 5.74) is 0.849. The van der Waals surface area contributed by atoms with E-state index in [4.69, 9.17) is 4.74 Å². The van der Waals surface area contributed by atoms with Gasteiger partial charge in [0.15, 0.2) is 0 Å². The fraction of sp³-hybridized carbons (Fsp3) is 0.333. The molecule has 0 saturated carbocycles. The number of rotatable bonds is 4. The fourth-order valence-electron chi connectivity index (χ4n) is 1.61. The van der Waals surface area contributed by atoms with E-state index >= 15 is 0 Å². The summed E-state index contributed by atoms with van der Waals surface area (Å²) in [5.74, 6) is 0.878. The van der Waals surface area contributed by atoms with Gasteiger partial charge >= 0.3 is 6.09 Å². The van der Waals surface area contributed by atoms with Crippen molar-refractivity contribution in [1.82, 2.24) is 4.98 Å². The molecule has 4 nitrogen and oxygen atoms in total. The SMILES string of the molecule is CCC(C)COC(=O)Nc1ccc2ccccc2n1. The number of anilines is 1. The van der Waals surface area contributed by atoms with Crippen molar-refractivity contribution in [2.75, 3.05) is 11.9 Å². The van der Waals surface area contributed by atoms with Crippen LogP contribution >= 0.6 is 0 Å². The average Bonchev–Trinajstić information content (AvgIpc) is 2.44. The van der Waals surface area contributed by atoms with Gasteiger partial charge in [-0.3, -0.25) is 5.32 Å². The number of hydrogen-bond donors (Lipinski definition) is 1. The predicted molar refractivity (Wildman–Crippen MR) is 76.2 cm³/mol. The molecule has 0 spiro atoms. The molecule has 1 atom stereocenters. The van der Waals surface area contributed by atoms with Crippen molar-refractivity contribution in [3.63, 3.8) is 0 Å². The second-order valence-corrected chi connectivity index (χ2v) is 4.63. The molecule has 1 aromatic heterocycles. The number of carbonyl (C=O) groups excluding carboxylic acids is 1. The molecule has 2 aromatic rings. The number of aromatic nitrogens is 1. The van der Waals surface area contributed by atoms with Gasteiger partial charge in [-0.25, -0.2) is 9.78 Å². The molecule has 100 valence electrons. The monoisotopic (exact) mass is 258 g/mol. The van der Waals surface area contributed by atoms with Gasteiger partial charge in [0, 0.05) is 5.39 Å². The molecule has 0 aliphatic rings. The quantitative estimate of drug-likeness (QED) is 0.906. The first kappa shape index (κ1) is 13.3. The zero-order valence-corrected chi connectivity index (χ0v) is 11.2. The summed E-state index contributed by atoms with van der Waals surface area (Å²) < 4.78 is 5.12. The molecule has 1 N–H and O–H groups in total. The average molecular weight is 258 g/mol. The molecule has 4 heteroatoms. The van der Waals surface area contributed by atoms with Gasteiger partial charge in [0.25, 0.3) is 0 Å². The number of para-hydroxylation sites is 1. The smallest absolute Gasteiger partial charge is 0.412 e. The highest BCUT2D eigenvalue weighted by Gasteiger charge is 2.07. The standard InChI is InChI=1S/C15H18N2O2/c1-3-11(2)10-19-15(18)17-14-9-8-12-6-4-5-7-13(12)16-14/h4-9,11H,3,10H2,1-2H3,(H,16,17,18). The highest BCUT2D eigenvalue weighted by Crippen LogP contribution is 2.14. The maximum atomic E-state index is 11.6. The lowest BCUT2D eigenvalue weighted by molar-refractivity contribution is 0.143. The maximum absolute atomic E-state index is 11.6. The summed E-state index contributed by atoms with van der Waals surface area (Å²) in [7, 11) is 0. The third kappa shape index (κ3) is 3.68. The van der Waals surface area contributed by atoms with Crippen LogP contribution in [0.1, 0.15) is 20.3 Å². The molecular weight excluding hydrogens is 240 g/mol. The Labute approximate surface area is 112 Å². The van der Waals surface area contributed by atoms with Crippen molar-refractivity contribution in [3.8, 4) is 0 Å². The van der Waals surface area contributed by atoms with Crippen LogP contribution in [0.25, 0.3) is 10.9 Å². The van der Waals surface area contributed by atoms with Gasteiger partial charge in [-0.2, -0.15) is 0 Å². The molecule has 2 rings (SSSR count). The van der Waals surface area contributed by atoms with Gasteiger partial charge in [0.1, 0.15) is 5.82 Å². The topological polar surface area (TPSA) is 51.2 Å². The lowest BCUT2D eigenvalue weighted by Crippen LogP contribution is -2.17. The highest BCUT2D eigenvalue weighted by atomic mass is 16.5. The molecule has 19 heavy (non-hydrogen) atoms. The number of ether oxygens (including phenoxy) is 1. The minimum absolute atomic E-state index is 0.371. The molecule has 1 unspecified atom stereocenters. The number of hydrogen-bond acceptors (Lipinski definition) is 3. The normalized spacial score (nSPS) is 12.1. The van der Waals surface area contributed by atoms with Gasteiger partial charge in [0.05, 0.1) is 12.1 Å². The number of nitrogens with one attached hydrogen (secondary N) is 1. The molecule has 0 aliphatic carbocycles. The molecule has 0 fully saturated rings. The Kier molecular flexibility index (Phi) is 4.34. The third-order valence-corrected chi connectivity index (χ3v) is 3.02. The second-order valence-electron chi connectivity index (χ2n) is 4.63. The highest BCUT2D eigenvalue weighted by molar-refractivity contribution is 5.86. The van der Waals surface area contributed by atoms with Crippen LogP contribution in [0.2, 0.25) is 0 Å². The lowest BCUT2D eigenvalue weighted by atomic mass is 10.1. The Hall–Kier alpha value is -2.10. The van der Waals surface area contributed by atoms with Crippen molar-refractivity contribution in [1.29, 1.82) is 0 Å². The number of nitrogens with zero attached hydrogens (tertiary/aromatic N) is 1. The molecule has 0 bridgehead atoms. The predicted octanol–water partition coefficient (Wildman–Crippen LogP) is 3.83. The van der Waals surface area contributed by atoms with E-state index in [0.717, 1.165) is 17.3 Å². The number of carbonyl (C=O) groups is 1. The van der Waals surface area contributed by atoms with Crippen LogP contribution in [0.4, 0.5) is 10.6 Å². The largest absolute Gasteiger partial charge is 0.449 e. The molecule has 1 heterocycles. The molecular formula is C15H18N2O2. The number of amides is 1. The van der Waals surface area contributed by atoms with E-state index in [-0.39, 0.29) is 0 Å². The molecule has 0 radical (unpaired) electrons. The zero-order chi connectivity index (χ0) is 13.7. The number of fused-ring (bicyclic) bond motifs is 1. The maximum Gasteiger partial charge on any atom is 0.412 e. The lowest BCUT2D eigenvalue weighted by Gasteiger charge is -2.10. The Balaban J connectivity index is 1.99. The van der Waals surface area contributed by atoms with E-state index in [2.05, 4.69) is 17.2 Å². The Morgan fingerprint density at radius 1 is 1.32 bits per heavy atom. The van der Waals surface area contributed by atoms with Crippen LogP contribution in [0.5, 0.6) is 0 Å². The van der Waals surface area contributed by atoms with Crippen molar-refractivity contribution in [2.24, 2.45) is 5.92 Å². The van der Waals surface area contributed by atoms with E-state index in [9.17, 15) is 4.79 Å². The van der Waals surface area contributed by atoms with Crippen LogP contribution < -0.4 is 5.32 Å². The second kappa shape index (κ2) is 6.18. The minimum Gasteiger partial charge on any atom is -0.449 e. The Morgan fingerprint density at radius 2 is 2.11 bits per heavy atom. The first-order valence-corrected chi connectivity index (χ1v) is 6.48. The van der Waals surface area contributed by atoms with Gasteiger partial charge in [-0.05, 0) is 24.1 Å². The third-order valence-electron chi connectivity index (χ3n) is 3.02. The van der Waals surface area contributed by atoms with Crippen molar-refractivity contribution >= 4 is 22.8 Å². The van der Waals surface area contributed by atoms with E-state index < -0.39 is 6.09 Å². The first-order chi connectivity index (χ1) is 9.19. The summed E-state index contributed by atoms with van der Waals surface area (Å²) in [4.78, 5) is 15.9. The molecule has 0 aliphatic heterocycles. The molecule has 1 amide bonds. The summed E-state index contributed by atoms with van der Waals surface area (Å²) in [5, 5.41) is 3.68. The number of benzene rings is 1. The van der Waals surface area contributed by atoms with Crippen LogP contribution in [-0.4, -0.2) is 17.7 Å². The van der Waals surface area contributed by atoms with Crippen LogP contribution in [0.15, 0.2) is 36.4 Å². The van der Waals surface area contributed by atoms with E-state index in [1.807, 2.05) is 37.3 Å². The van der Waals surface area contributed by atoms with Crippen LogP contribution in [0.3, 0.4) is 0 Å². The summed E-state index contributed by atoms with van der Waals surface area (Å²) in [6, 6.07) is 11.5. The van der Waals surface area contributed by atoms with Crippen molar-refractivity contribution in [3.05, 3.63) is 36.4 Å². The van der Waals surface area contributed by atoms with Gasteiger partial charge in [0.2, 0.25) is 0 Å². The van der Waals surface area contributed by atoms with Gasteiger partial charge in [-0.15, -0.1) is 0 Å². The van der Waals surface area contributed by atoms with E-state index in [1.54, 1.807) is 6.07 Å². The van der Waals surface area contributed by atoms with Gasteiger partial charge < -0.3 is 4.74 Å². The van der Waals surface area contributed by atoms with Gasteiger partial charge in [-0.1, -0.05) is 38.5 Å². The molecule has 0 saturated heterocycles. The minimum atomic E-state index is -0.455. The van der Waals surface area contributed by atoms with Crippen molar-refractivity contribution < 1.29 is 9.53 Å². The van der Waals surface area contributed by atoms with Crippen LogP contribution in [0, 0.1) is 5.92 Å². The zero-order valence-electron chi connectivity index (χ0n) is 11.2. The Bertz CT molecular complexity index is 569. The first-order valence-electron chi connectivity index (χ1n) is 6.48. The molecule has 1 aromatic carbocycles. The summed E-state index contributed by atoms with van der Waals surface area (Å²) in [6.07, 6.45) is 0.532. The Morgan fingerprint density at radius 3 is 2.89 bits per heavy atom. The van der Waals surface area contributed by atoms with E-state index in [1.165, 1.54) is 0 Å². The summed E-state index contributed by atoms with van der Waals surface area (Å²) in [6.45, 7) is 4.54.